The summed E-state index contributed by atoms with van der Waals surface area (Å²) < 4.78 is 5.97. The number of guanidine groups is 1. The molecule has 3 rings (SSSR count). The van der Waals surface area contributed by atoms with Gasteiger partial charge in [0.05, 0.1) is 12.1 Å². The topological polar surface area (TPSA) is 59.6 Å². The zero-order valence-corrected chi connectivity index (χ0v) is 15.1. The second-order valence-corrected chi connectivity index (χ2v) is 7.52. The van der Waals surface area contributed by atoms with E-state index in [1.807, 2.05) is 0 Å². The van der Waals surface area contributed by atoms with E-state index in [2.05, 4.69) is 26.1 Å². The van der Waals surface area contributed by atoms with Crippen LogP contribution >= 0.6 is 24.0 Å². The van der Waals surface area contributed by atoms with Gasteiger partial charge in [0, 0.05) is 23.5 Å². The Bertz CT molecular complexity index is 385. The molecule has 3 N–H and O–H groups in total. The first kappa shape index (κ1) is 16.3. The second-order valence-electron chi connectivity index (χ2n) is 7.52. The van der Waals surface area contributed by atoms with E-state index in [1.165, 1.54) is 25.7 Å². The fraction of sp³-hybridized carbons (Fsp3) is 0.933. The summed E-state index contributed by atoms with van der Waals surface area (Å²) in [5.41, 5.74) is 6.39. The van der Waals surface area contributed by atoms with Crippen LogP contribution in [0.1, 0.15) is 52.9 Å². The molecule has 20 heavy (non-hydrogen) atoms. The number of ether oxygens (including phenoxy) is 1. The first-order chi connectivity index (χ1) is 8.92. The van der Waals surface area contributed by atoms with Crippen LogP contribution < -0.4 is 11.1 Å². The van der Waals surface area contributed by atoms with Crippen molar-refractivity contribution in [3.63, 3.8) is 0 Å². The first-order valence-corrected chi connectivity index (χ1v) is 7.65. The minimum atomic E-state index is -0.0221. The Hall–Kier alpha value is -0.0400. The minimum absolute atomic E-state index is 0. The zero-order valence-electron chi connectivity index (χ0n) is 12.8. The minimum Gasteiger partial charge on any atom is -0.377 e. The van der Waals surface area contributed by atoms with Gasteiger partial charge in [-0.3, -0.25) is 0 Å². The van der Waals surface area contributed by atoms with Crippen molar-refractivity contribution in [1.82, 2.24) is 5.32 Å². The first-order valence-electron chi connectivity index (χ1n) is 7.65. The fourth-order valence-corrected chi connectivity index (χ4v) is 4.40. The Balaban J connectivity index is 0.00000147. The zero-order chi connectivity index (χ0) is 13.7. The molecule has 0 aromatic heterocycles. The van der Waals surface area contributed by atoms with Gasteiger partial charge < -0.3 is 15.8 Å². The summed E-state index contributed by atoms with van der Waals surface area (Å²) in [6, 6.07) is 0.386. The number of fused-ring (bicyclic) bond motifs is 2. The normalized spacial score (nSPS) is 35.4. The molecule has 4 nitrogen and oxygen atoms in total. The Morgan fingerprint density at radius 1 is 1.30 bits per heavy atom. The molecular formula is C15H28IN3O. The predicted molar refractivity (Wildman–Crippen MR) is 92.5 cm³/mol. The molecule has 1 saturated heterocycles. The van der Waals surface area contributed by atoms with Crippen LogP contribution in [0.15, 0.2) is 4.99 Å². The summed E-state index contributed by atoms with van der Waals surface area (Å²) in [7, 11) is 0. The lowest BCUT2D eigenvalue weighted by atomic mass is 9.54. The summed E-state index contributed by atoms with van der Waals surface area (Å²) in [5, 5.41) is 3.29. The Morgan fingerprint density at radius 3 is 2.55 bits per heavy atom. The molecule has 0 amide bonds. The number of nitrogens with one attached hydrogen (secondary N) is 1. The summed E-state index contributed by atoms with van der Waals surface area (Å²) in [4.78, 5) is 4.85. The molecule has 1 heterocycles. The third-order valence-electron chi connectivity index (χ3n) is 5.01. The molecule has 0 aromatic rings. The number of nitrogens with zero attached hydrogens (tertiary/aromatic N) is 1. The second kappa shape index (κ2) is 5.63. The third kappa shape index (κ3) is 2.67. The number of rotatable bonds is 1. The summed E-state index contributed by atoms with van der Waals surface area (Å²) in [6.07, 6.45) is 6.81. The van der Waals surface area contributed by atoms with Gasteiger partial charge in [-0.05, 0) is 40.0 Å². The highest BCUT2D eigenvalue weighted by Crippen LogP contribution is 2.61. The smallest absolute Gasteiger partial charge is 0.189 e. The highest BCUT2D eigenvalue weighted by molar-refractivity contribution is 14.0. The SMILES string of the molecule is CC(C)(C)NC(N)=NC1C2CCOC2C12CCCC2.I. The fourth-order valence-electron chi connectivity index (χ4n) is 4.40. The highest BCUT2D eigenvalue weighted by Gasteiger charge is 2.65. The van der Waals surface area contributed by atoms with E-state index in [9.17, 15) is 0 Å². The predicted octanol–water partition coefficient (Wildman–Crippen LogP) is 2.65. The van der Waals surface area contributed by atoms with Gasteiger partial charge in [0.2, 0.25) is 0 Å². The van der Waals surface area contributed by atoms with Crippen molar-refractivity contribution in [3.8, 4) is 0 Å². The molecule has 5 heteroatoms. The van der Waals surface area contributed by atoms with Crippen LogP contribution in [0.25, 0.3) is 0 Å². The average molecular weight is 393 g/mol. The van der Waals surface area contributed by atoms with Crippen molar-refractivity contribution < 1.29 is 4.74 Å². The van der Waals surface area contributed by atoms with E-state index in [0.717, 1.165) is 13.0 Å². The van der Waals surface area contributed by atoms with Crippen molar-refractivity contribution in [2.24, 2.45) is 22.1 Å². The maximum Gasteiger partial charge on any atom is 0.189 e. The van der Waals surface area contributed by atoms with Crippen molar-refractivity contribution in [1.29, 1.82) is 0 Å². The van der Waals surface area contributed by atoms with E-state index in [0.29, 0.717) is 29.4 Å². The summed E-state index contributed by atoms with van der Waals surface area (Å²) in [6.45, 7) is 7.25. The number of aliphatic imine (C=N–C) groups is 1. The largest absolute Gasteiger partial charge is 0.377 e. The Kier molecular flexibility index (Phi) is 4.60. The van der Waals surface area contributed by atoms with E-state index in [1.54, 1.807) is 0 Å². The van der Waals surface area contributed by atoms with Crippen LogP contribution in [0.2, 0.25) is 0 Å². The maximum atomic E-state index is 6.10. The maximum absolute atomic E-state index is 6.10. The average Bonchev–Trinajstić information content (AvgIpc) is 2.92. The van der Waals surface area contributed by atoms with Crippen LogP contribution in [0, 0.1) is 11.3 Å². The molecule has 1 aliphatic heterocycles. The number of hydrogen-bond donors (Lipinski definition) is 2. The van der Waals surface area contributed by atoms with Crippen LogP contribution in [0.3, 0.4) is 0 Å². The van der Waals surface area contributed by atoms with Gasteiger partial charge in [-0.15, -0.1) is 24.0 Å². The van der Waals surface area contributed by atoms with Crippen LogP contribution in [-0.4, -0.2) is 30.3 Å². The van der Waals surface area contributed by atoms with Gasteiger partial charge in [0.15, 0.2) is 5.96 Å². The van der Waals surface area contributed by atoms with E-state index >= 15 is 0 Å². The van der Waals surface area contributed by atoms with Gasteiger partial charge in [-0.1, -0.05) is 12.8 Å². The molecule has 2 aliphatic carbocycles. The summed E-state index contributed by atoms with van der Waals surface area (Å²) in [5.74, 6) is 1.22. The van der Waals surface area contributed by atoms with Crippen molar-refractivity contribution in [2.45, 2.75) is 70.6 Å². The van der Waals surface area contributed by atoms with Crippen LogP contribution in [0.5, 0.6) is 0 Å². The monoisotopic (exact) mass is 393 g/mol. The van der Waals surface area contributed by atoms with Crippen LogP contribution in [0.4, 0.5) is 0 Å². The molecule has 3 aliphatic rings. The highest BCUT2D eigenvalue weighted by atomic mass is 127. The molecule has 0 aromatic carbocycles. The van der Waals surface area contributed by atoms with E-state index in [-0.39, 0.29) is 29.5 Å². The van der Waals surface area contributed by atoms with Gasteiger partial charge >= 0.3 is 0 Å². The van der Waals surface area contributed by atoms with Gasteiger partial charge in [0.1, 0.15) is 0 Å². The Morgan fingerprint density at radius 2 is 1.95 bits per heavy atom. The molecule has 0 radical (unpaired) electrons. The molecule has 116 valence electrons. The lowest BCUT2D eigenvalue weighted by Gasteiger charge is -2.54. The van der Waals surface area contributed by atoms with Crippen molar-refractivity contribution in [3.05, 3.63) is 0 Å². The van der Waals surface area contributed by atoms with Gasteiger partial charge in [0.25, 0.3) is 0 Å². The summed E-state index contributed by atoms with van der Waals surface area (Å²) >= 11 is 0. The molecule has 3 atom stereocenters. The van der Waals surface area contributed by atoms with Crippen molar-refractivity contribution >= 4 is 29.9 Å². The molecule has 1 spiro atoms. The molecule has 3 unspecified atom stereocenters. The molecule has 3 fully saturated rings. The van der Waals surface area contributed by atoms with Gasteiger partial charge in [-0.2, -0.15) is 0 Å². The number of halogens is 1. The molecule has 2 saturated carbocycles. The van der Waals surface area contributed by atoms with E-state index in [4.69, 9.17) is 15.5 Å². The third-order valence-corrected chi connectivity index (χ3v) is 5.01. The lowest BCUT2D eigenvalue weighted by molar-refractivity contribution is -0.117. The van der Waals surface area contributed by atoms with Crippen LogP contribution in [-0.2, 0) is 4.74 Å². The molecular weight excluding hydrogens is 365 g/mol. The molecule has 0 bridgehead atoms. The standard InChI is InChI=1S/C15H27N3O.HI/c1-14(2,3)18-13(16)17-11-10-6-9-19-12(10)15(11)7-4-5-8-15;/h10-12H,4-9H2,1-3H3,(H3,16,17,18);1H. The number of nitrogens with two attached hydrogens (primary N) is 1. The van der Waals surface area contributed by atoms with Crippen molar-refractivity contribution in [2.75, 3.05) is 6.61 Å². The quantitative estimate of drug-likeness (QED) is 0.409. The number of hydrogen-bond acceptors (Lipinski definition) is 2. The lowest BCUT2D eigenvalue weighted by Crippen LogP contribution is -2.62. The van der Waals surface area contributed by atoms with E-state index < -0.39 is 0 Å². The Labute approximate surface area is 139 Å². The van der Waals surface area contributed by atoms with Gasteiger partial charge in [-0.25, -0.2) is 4.99 Å².